The number of halogens is 1. The van der Waals surface area contributed by atoms with E-state index in [9.17, 15) is 14.0 Å². The highest BCUT2D eigenvalue weighted by molar-refractivity contribution is 5.91. The van der Waals surface area contributed by atoms with Crippen LogP contribution in [0.2, 0.25) is 0 Å². The summed E-state index contributed by atoms with van der Waals surface area (Å²) in [5, 5.41) is 11.4. The lowest BCUT2D eigenvalue weighted by Crippen LogP contribution is -2.46. The Morgan fingerprint density at radius 3 is 2.57 bits per heavy atom. The van der Waals surface area contributed by atoms with Crippen molar-refractivity contribution >= 4 is 17.9 Å². The van der Waals surface area contributed by atoms with Gasteiger partial charge in [0.1, 0.15) is 12.2 Å². The second kappa shape index (κ2) is 8.08. The summed E-state index contributed by atoms with van der Waals surface area (Å²) in [6, 6.07) is 7.74. The minimum Gasteiger partial charge on any atom is -0.350 e. The van der Waals surface area contributed by atoms with Crippen LogP contribution in [0.3, 0.4) is 0 Å². The van der Waals surface area contributed by atoms with Crippen LogP contribution in [0.5, 0.6) is 0 Å². The monoisotopic (exact) mass is 315 g/mol. The number of hydrogen-bond acceptors (Lipinski definition) is 3. The molecule has 1 aromatic rings. The smallest absolute Gasteiger partial charge is 0.244 e. The zero-order chi connectivity index (χ0) is 16.7. The van der Waals surface area contributed by atoms with Gasteiger partial charge in [-0.2, -0.15) is 5.26 Å². The standard InChI is InChI=1S/C17H18FN3O2/c18-14-4-1-13(2-5-14)3-6-16(22)20-15-8-11-21(12-9-15)17(23)7-10-19/h1-6,15H,7-9,11-12H2,(H,20,22)/b6-3+. The molecule has 1 aliphatic heterocycles. The van der Waals surface area contributed by atoms with Crippen molar-refractivity contribution in [3.05, 3.63) is 41.7 Å². The van der Waals surface area contributed by atoms with E-state index >= 15 is 0 Å². The maximum Gasteiger partial charge on any atom is 0.244 e. The van der Waals surface area contributed by atoms with Crippen molar-refractivity contribution in [2.75, 3.05) is 13.1 Å². The molecule has 0 bridgehead atoms. The molecule has 0 aliphatic carbocycles. The second-order valence-corrected chi connectivity index (χ2v) is 5.38. The number of rotatable bonds is 4. The Balaban J connectivity index is 1.77. The first-order valence-electron chi connectivity index (χ1n) is 7.47. The van der Waals surface area contributed by atoms with Gasteiger partial charge in [0.25, 0.3) is 0 Å². The van der Waals surface area contributed by atoms with Gasteiger partial charge in [0.15, 0.2) is 0 Å². The molecule has 0 radical (unpaired) electrons. The Labute approximate surface area is 134 Å². The van der Waals surface area contributed by atoms with Crippen molar-refractivity contribution < 1.29 is 14.0 Å². The summed E-state index contributed by atoms with van der Waals surface area (Å²) in [6.07, 6.45) is 4.29. The lowest BCUT2D eigenvalue weighted by Gasteiger charge is -2.31. The van der Waals surface area contributed by atoms with E-state index in [2.05, 4.69) is 5.32 Å². The lowest BCUT2D eigenvalue weighted by molar-refractivity contribution is -0.131. The van der Waals surface area contributed by atoms with Crippen LogP contribution < -0.4 is 5.32 Å². The topological polar surface area (TPSA) is 73.2 Å². The van der Waals surface area contributed by atoms with Crippen molar-refractivity contribution in [1.82, 2.24) is 10.2 Å². The molecule has 0 saturated carbocycles. The fourth-order valence-corrected chi connectivity index (χ4v) is 2.45. The van der Waals surface area contributed by atoms with Gasteiger partial charge in [0.2, 0.25) is 11.8 Å². The van der Waals surface area contributed by atoms with Crippen LogP contribution in [-0.4, -0.2) is 35.8 Å². The van der Waals surface area contributed by atoms with Gasteiger partial charge in [0, 0.05) is 25.2 Å². The summed E-state index contributed by atoms with van der Waals surface area (Å²) in [6.45, 7) is 1.10. The predicted molar refractivity (Wildman–Crippen MR) is 83.4 cm³/mol. The van der Waals surface area contributed by atoms with E-state index in [0.717, 1.165) is 5.56 Å². The highest BCUT2D eigenvalue weighted by Gasteiger charge is 2.22. The number of piperidine rings is 1. The van der Waals surface area contributed by atoms with Crippen molar-refractivity contribution in [3.63, 3.8) is 0 Å². The third-order valence-electron chi connectivity index (χ3n) is 3.72. The molecular formula is C17H18FN3O2. The first-order valence-corrected chi connectivity index (χ1v) is 7.47. The van der Waals surface area contributed by atoms with Crippen LogP contribution in [0.4, 0.5) is 4.39 Å². The third-order valence-corrected chi connectivity index (χ3v) is 3.72. The van der Waals surface area contributed by atoms with Crippen LogP contribution in [0.25, 0.3) is 6.08 Å². The van der Waals surface area contributed by atoms with E-state index in [0.29, 0.717) is 25.9 Å². The van der Waals surface area contributed by atoms with Gasteiger partial charge in [-0.1, -0.05) is 12.1 Å². The first kappa shape index (κ1) is 16.7. The summed E-state index contributed by atoms with van der Waals surface area (Å²) < 4.78 is 12.8. The Hall–Kier alpha value is -2.68. The third kappa shape index (κ3) is 5.22. The van der Waals surface area contributed by atoms with Crippen LogP contribution in [-0.2, 0) is 9.59 Å². The van der Waals surface area contributed by atoms with Crippen LogP contribution in [0.1, 0.15) is 24.8 Å². The molecule has 120 valence electrons. The number of nitriles is 1. The molecule has 5 nitrogen and oxygen atoms in total. The molecule has 1 N–H and O–H groups in total. The molecule has 2 rings (SSSR count). The summed E-state index contributed by atoms with van der Waals surface area (Å²) >= 11 is 0. The maximum absolute atomic E-state index is 12.8. The van der Waals surface area contributed by atoms with Gasteiger partial charge in [-0.05, 0) is 36.6 Å². The van der Waals surface area contributed by atoms with E-state index < -0.39 is 0 Å². The number of nitrogens with zero attached hydrogens (tertiary/aromatic N) is 2. The van der Waals surface area contributed by atoms with Gasteiger partial charge in [-0.25, -0.2) is 4.39 Å². The van der Waals surface area contributed by atoms with Crippen LogP contribution in [0, 0.1) is 17.1 Å². The minimum absolute atomic E-state index is 0.0199. The molecule has 23 heavy (non-hydrogen) atoms. The van der Waals surface area contributed by atoms with Gasteiger partial charge in [0.05, 0.1) is 6.07 Å². The Bertz CT molecular complexity index is 626. The van der Waals surface area contributed by atoms with Gasteiger partial charge < -0.3 is 10.2 Å². The van der Waals surface area contributed by atoms with Crippen molar-refractivity contribution in [1.29, 1.82) is 5.26 Å². The molecule has 6 heteroatoms. The summed E-state index contributed by atoms with van der Waals surface area (Å²) in [7, 11) is 0. The molecule has 0 atom stereocenters. The molecule has 1 aromatic carbocycles. The molecule has 1 heterocycles. The van der Waals surface area contributed by atoms with E-state index in [1.54, 1.807) is 23.1 Å². The first-order chi connectivity index (χ1) is 11.1. The maximum atomic E-state index is 12.8. The molecule has 2 amide bonds. The highest BCUT2D eigenvalue weighted by Crippen LogP contribution is 2.11. The van der Waals surface area contributed by atoms with Crippen LogP contribution >= 0.6 is 0 Å². The fraction of sp³-hybridized carbons (Fsp3) is 0.353. The van der Waals surface area contributed by atoms with Crippen molar-refractivity contribution in [3.8, 4) is 6.07 Å². The molecular weight excluding hydrogens is 297 g/mol. The minimum atomic E-state index is -0.315. The van der Waals surface area contributed by atoms with Crippen LogP contribution in [0.15, 0.2) is 30.3 Å². The number of hydrogen-bond donors (Lipinski definition) is 1. The SMILES string of the molecule is N#CCC(=O)N1CCC(NC(=O)/C=C/c2ccc(F)cc2)CC1. The molecule has 1 saturated heterocycles. The fourth-order valence-electron chi connectivity index (χ4n) is 2.45. The average molecular weight is 315 g/mol. The molecule has 1 aliphatic rings. The molecule has 0 spiro atoms. The van der Waals surface area contributed by atoms with E-state index in [-0.39, 0.29) is 30.1 Å². The normalized spacial score (nSPS) is 15.4. The number of likely N-dealkylation sites (tertiary alicyclic amines) is 1. The van der Waals surface area contributed by atoms with Gasteiger partial charge >= 0.3 is 0 Å². The Morgan fingerprint density at radius 2 is 1.96 bits per heavy atom. The van der Waals surface area contributed by atoms with Crippen molar-refractivity contribution in [2.24, 2.45) is 0 Å². The number of nitrogens with one attached hydrogen (secondary N) is 1. The van der Waals surface area contributed by atoms with Crippen molar-refractivity contribution in [2.45, 2.75) is 25.3 Å². The molecule has 1 fully saturated rings. The Morgan fingerprint density at radius 1 is 1.30 bits per heavy atom. The summed E-state index contributed by atoms with van der Waals surface area (Å²) in [5.74, 6) is -0.686. The Kier molecular flexibility index (Phi) is 5.87. The average Bonchev–Trinajstić information content (AvgIpc) is 2.55. The number of carbonyl (C=O) groups is 2. The number of benzene rings is 1. The zero-order valence-electron chi connectivity index (χ0n) is 12.7. The van der Waals surface area contributed by atoms with Gasteiger partial charge in [-0.3, -0.25) is 9.59 Å². The molecule has 0 aromatic heterocycles. The number of amides is 2. The largest absolute Gasteiger partial charge is 0.350 e. The summed E-state index contributed by atoms with van der Waals surface area (Å²) in [5.41, 5.74) is 0.749. The predicted octanol–water partition coefficient (Wildman–Crippen LogP) is 1.86. The van der Waals surface area contributed by atoms with E-state index in [1.807, 2.05) is 6.07 Å². The zero-order valence-corrected chi connectivity index (χ0v) is 12.7. The van der Waals surface area contributed by atoms with E-state index in [4.69, 9.17) is 5.26 Å². The lowest BCUT2D eigenvalue weighted by atomic mass is 10.0. The van der Waals surface area contributed by atoms with E-state index in [1.165, 1.54) is 18.2 Å². The molecule has 0 unspecified atom stereocenters. The second-order valence-electron chi connectivity index (χ2n) is 5.38. The summed E-state index contributed by atoms with van der Waals surface area (Å²) in [4.78, 5) is 25.1. The number of carbonyl (C=O) groups excluding carboxylic acids is 2. The quantitative estimate of drug-likeness (QED) is 0.862. The van der Waals surface area contributed by atoms with Gasteiger partial charge in [-0.15, -0.1) is 0 Å². The highest BCUT2D eigenvalue weighted by atomic mass is 19.1.